The Labute approximate surface area is 165 Å². The van der Waals surface area contributed by atoms with Gasteiger partial charge in [-0.05, 0) is 28.8 Å². The van der Waals surface area contributed by atoms with Crippen molar-refractivity contribution in [3.8, 4) is 5.75 Å². The molecule has 2 saturated heterocycles. The van der Waals surface area contributed by atoms with Gasteiger partial charge in [-0.3, -0.25) is 15.0 Å². The minimum absolute atomic E-state index is 0.0562. The third-order valence-corrected chi connectivity index (χ3v) is 5.99. The monoisotopic (exact) mass is 442 g/mol. The van der Waals surface area contributed by atoms with Crippen LogP contribution >= 0.6 is 15.9 Å². The summed E-state index contributed by atoms with van der Waals surface area (Å²) < 4.78 is 5.87. The number of hydrogen-bond donors (Lipinski definition) is 1. The number of nitro benzene ring substituents is 1. The summed E-state index contributed by atoms with van der Waals surface area (Å²) in [6, 6.07) is 3.65. The molecule has 0 unspecified atom stereocenters. The summed E-state index contributed by atoms with van der Waals surface area (Å²) in [6.45, 7) is 4.33. The van der Waals surface area contributed by atoms with Crippen LogP contribution in [0, 0.1) is 10.1 Å². The Bertz CT molecular complexity index is 716. The van der Waals surface area contributed by atoms with Gasteiger partial charge in [0.1, 0.15) is 0 Å². The Kier molecular flexibility index (Phi) is 6.05. The van der Waals surface area contributed by atoms with Crippen molar-refractivity contribution in [1.29, 1.82) is 0 Å². The number of piperidine rings is 1. The van der Waals surface area contributed by atoms with E-state index in [1.807, 2.05) is 0 Å². The molecule has 0 bridgehead atoms. The van der Waals surface area contributed by atoms with Crippen LogP contribution < -0.4 is 9.64 Å². The first-order chi connectivity index (χ1) is 12.9. The number of piperazine rings is 1. The number of halogens is 1. The topological polar surface area (TPSA) is 99.4 Å². The van der Waals surface area contributed by atoms with Crippen molar-refractivity contribution in [1.82, 2.24) is 9.80 Å². The number of anilines is 1. The molecule has 0 aliphatic carbocycles. The average molecular weight is 443 g/mol. The molecule has 1 amide bonds. The molecule has 3 rings (SSSR count). The Balaban J connectivity index is 1.63. The van der Waals surface area contributed by atoms with Crippen molar-refractivity contribution >= 4 is 33.4 Å². The molecular formula is C17H23BrN4O5. The van der Waals surface area contributed by atoms with E-state index in [-0.39, 0.29) is 11.4 Å². The number of carboxylic acid groups (broad SMARTS) is 1. The Morgan fingerprint density at radius 2 is 1.85 bits per heavy atom. The quantitative estimate of drug-likeness (QED) is 0.564. The van der Waals surface area contributed by atoms with Gasteiger partial charge in [0.15, 0.2) is 5.75 Å². The van der Waals surface area contributed by atoms with Crippen molar-refractivity contribution in [2.75, 3.05) is 51.3 Å². The van der Waals surface area contributed by atoms with Gasteiger partial charge in [0.2, 0.25) is 0 Å². The van der Waals surface area contributed by atoms with Gasteiger partial charge in [0, 0.05) is 61.9 Å². The second-order valence-corrected chi connectivity index (χ2v) is 7.61. The van der Waals surface area contributed by atoms with E-state index in [0.29, 0.717) is 23.6 Å². The van der Waals surface area contributed by atoms with Crippen molar-refractivity contribution in [2.24, 2.45) is 0 Å². The van der Waals surface area contributed by atoms with Crippen LogP contribution in [0.1, 0.15) is 12.8 Å². The number of carbonyl (C=O) groups is 1. The number of nitro groups is 1. The van der Waals surface area contributed by atoms with E-state index in [1.54, 1.807) is 6.07 Å². The Morgan fingerprint density at radius 3 is 2.37 bits per heavy atom. The van der Waals surface area contributed by atoms with Crippen LogP contribution in [0.5, 0.6) is 5.75 Å². The molecule has 0 spiro atoms. The molecule has 10 heteroatoms. The third kappa shape index (κ3) is 4.27. The fourth-order valence-electron chi connectivity index (χ4n) is 3.83. The summed E-state index contributed by atoms with van der Waals surface area (Å²) in [4.78, 5) is 27.8. The highest BCUT2D eigenvalue weighted by molar-refractivity contribution is 9.10. The first-order valence-electron chi connectivity index (χ1n) is 8.89. The number of ether oxygens (including phenoxy) is 1. The molecule has 0 atom stereocenters. The van der Waals surface area contributed by atoms with Gasteiger partial charge in [0.05, 0.1) is 17.7 Å². The molecule has 0 saturated carbocycles. The standard InChI is InChI=1S/C17H23BrN4O5/c1-27-16-11-14(13(18)10-15(16)22(25)26)20-4-2-12(3-5-20)19-6-8-21(9-7-19)17(23)24/h10-12H,2-9H2,1H3,(H,23,24). The number of rotatable bonds is 4. The molecule has 148 valence electrons. The molecule has 2 aliphatic heterocycles. The van der Waals surface area contributed by atoms with E-state index in [4.69, 9.17) is 9.84 Å². The van der Waals surface area contributed by atoms with Crippen LogP contribution in [0.4, 0.5) is 16.2 Å². The summed E-state index contributed by atoms with van der Waals surface area (Å²) in [6.07, 6.45) is 1.10. The maximum atomic E-state index is 11.1. The third-order valence-electron chi connectivity index (χ3n) is 5.35. The smallest absolute Gasteiger partial charge is 0.407 e. The van der Waals surface area contributed by atoms with Crippen molar-refractivity contribution < 1.29 is 19.6 Å². The number of hydrogen-bond acceptors (Lipinski definition) is 6. The lowest BCUT2D eigenvalue weighted by Crippen LogP contribution is -2.54. The zero-order valence-corrected chi connectivity index (χ0v) is 16.7. The van der Waals surface area contributed by atoms with Gasteiger partial charge < -0.3 is 19.6 Å². The second-order valence-electron chi connectivity index (χ2n) is 6.76. The van der Waals surface area contributed by atoms with Crippen LogP contribution in [-0.4, -0.2) is 78.3 Å². The molecule has 1 aromatic carbocycles. The normalized spacial score (nSPS) is 19.2. The van der Waals surface area contributed by atoms with E-state index in [0.717, 1.165) is 44.7 Å². The van der Waals surface area contributed by atoms with Gasteiger partial charge in [-0.1, -0.05) is 0 Å². The van der Waals surface area contributed by atoms with Gasteiger partial charge >= 0.3 is 11.8 Å². The maximum absolute atomic E-state index is 11.1. The summed E-state index contributed by atoms with van der Waals surface area (Å²) in [5.74, 6) is 0.255. The zero-order chi connectivity index (χ0) is 19.6. The van der Waals surface area contributed by atoms with Gasteiger partial charge in [0.25, 0.3) is 0 Å². The minimum atomic E-state index is -0.846. The first-order valence-corrected chi connectivity index (χ1v) is 9.68. The van der Waals surface area contributed by atoms with Gasteiger partial charge in [-0.25, -0.2) is 4.79 Å². The largest absolute Gasteiger partial charge is 0.490 e. The van der Waals surface area contributed by atoms with Crippen LogP contribution in [0.15, 0.2) is 16.6 Å². The molecule has 1 aromatic rings. The minimum Gasteiger partial charge on any atom is -0.490 e. The summed E-state index contributed by atoms with van der Waals surface area (Å²) in [5, 5.41) is 20.2. The predicted octanol–water partition coefficient (Wildman–Crippen LogP) is 2.63. The number of benzene rings is 1. The number of nitrogens with zero attached hydrogens (tertiary/aromatic N) is 4. The molecule has 27 heavy (non-hydrogen) atoms. The fraction of sp³-hybridized carbons (Fsp3) is 0.588. The molecule has 0 aromatic heterocycles. The van der Waals surface area contributed by atoms with Crippen LogP contribution in [0.25, 0.3) is 0 Å². The zero-order valence-electron chi connectivity index (χ0n) is 15.1. The lowest BCUT2D eigenvalue weighted by atomic mass is 10.0. The van der Waals surface area contributed by atoms with Crippen molar-refractivity contribution in [2.45, 2.75) is 18.9 Å². The predicted molar refractivity (Wildman–Crippen MR) is 104 cm³/mol. The Hall–Kier alpha value is -2.07. The lowest BCUT2D eigenvalue weighted by Gasteiger charge is -2.42. The van der Waals surface area contributed by atoms with E-state index < -0.39 is 11.0 Å². The van der Waals surface area contributed by atoms with E-state index in [9.17, 15) is 14.9 Å². The highest BCUT2D eigenvalue weighted by Gasteiger charge is 2.30. The van der Waals surface area contributed by atoms with Crippen molar-refractivity contribution in [3.05, 3.63) is 26.7 Å². The van der Waals surface area contributed by atoms with Crippen molar-refractivity contribution in [3.63, 3.8) is 0 Å². The summed E-state index contributed by atoms with van der Waals surface area (Å²) in [7, 11) is 1.43. The molecule has 2 aliphatic rings. The highest BCUT2D eigenvalue weighted by atomic mass is 79.9. The van der Waals surface area contributed by atoms with Crippen LogP contribution in [0.3, 0.4) is 0 Å². The van der Waals surface area contributed by atoms with E-state index in [2.05, 4.69) is 25.7 Å². The summed E-state index contributed by atoms with van der Waals surface area (Å²) >= 11 is 3.45. The molecule has 2 heterocycles. The Morgan fingerprint density at radius 1 is 1.22 bits per heavy atom. The average Bonchev–Trinajstić information content (AvgIpc) is 2.68. The molecular weight excluding hydrogens is 420 g/mol. The SMILES string of the molecule is COc1cc(N2CCC(N3CCN(C(=O)O)CC3)CC2)c(Br)cc1[N+](=O)[O-]. The molecule has 2 fully saturated rings. The number of methoxy groups -OCH3 is 1. The van der Waals surface area contributed by atoms with Crippen LogP contribution in [-0.2, 0) is 0 Å². The highest BCUT2D eigenvalue weighted by Crippen LogP contribution is 2.39. The second kappa shape index (κ2) is 8.30. The number of amides is 1. The maximum Gasteiger partial charge on any atom is 0.407 e. The molecule has 0 radical (unpaired) electrons. The van der Waals surface area contributed by atoms with E-state index >= 15 is 0 Å². The van der Waals surface area contributed by atoms with E-state index in [1.165, 1.54) is 18.1 Å². The lowest BCUT2D eigenvalue weighted by molar-refractivity contribution is -0.385. The fourth-order valence-corrected chi connectivity index (χ4v) is 4.41. The summed E-state index contributed by atoms with van der Waals surface area (Å²) in [5.41, 5.74) is 0.839. The van der Waals surface area contributed by atoms with Gasteiger partial charge in [-0.2, -0.15) is 0 Å². The van der Waals surface area contributed by atoms with Crippen LogP contribution in [0.2, 0.25) is 0 Å². The van der Waals surface area contributed by atoms with Gasteiger partial charge in [-0.15, -0.1) is 0 Å². The molecule has 9 nitrogen and oxygen atoms in total. The first kappa shape index (κ1) is 19.7. The molecule has 1 N–H and O–H groups in total.